The Labute approximate surface area is 114 Å². The van der Waals surface area contributed by atoms with E-state index in [0.29, 0.717) is 12.5 Å². The fourth-order valence-electron chi connectivity index (χ4n) is 1.99. The molecule has 2 rings (SSSR count). The van der Waals surface area contributed by atoms with E-state index >= 15 is 0 Å². The van der Waals surface area contributed by atoms with Gasteiger partial charge in [0.15, 0.2) is 0 Å². The summed E-state index contributed by atoms with van der Waals surface area (Å²) in [6.07, 6.45) is 0.796. The van der Waals surface area contributed by atoms with E-state index in [1.807, 2.05) is 30.3 Å². The van der Waals surface area contributed by atoms with Gasteiger partial charge in [-0.2, -0.15) is 0 Å². The number of aliphatic hydroxyl groups excluding tert-OH is 1. The molecule has 0 heterocycles. The lowest BCUT2D eigenvalue weighted by molar-refractivity contribution is 0.278. The molecule has 0 saturated carbocycles. The first-order valence-corrected chi connectivity index (χ1v) is 6.67. The third kappa shape index (κ3) is 4.11. The molecule has 100 valence electrons. The Balaban J connectivity index is 1.92. The van der Waals surface area contributed by atoms with Crippen LogP contribution in [0.3, 0.4) is 0 Å². The maximum atomic E-state index is 8.94. The average molecular weight is 256 g/mol. The maximum Gasteiger partial charge on any atom is 0.119 e. The number of aliphatic hydroxyl groups is 1. The minimum atomic E-state index is 0.230. The van der Waals surface area contributed by atoms with E-state index in [9.17, 15) is 0 Å². The highest BCUT2D eigenvalue weighted by Crippen LogP contribution is 2.22. The van der Waals surface area contributed by atoms with E-state index in [2.05, 4.69) is 31.2 Å². The minimum Gasteiger partial charge on any atom is -0.489 e. The molecule has 0 spiro atoms. The van der Waals surface area contributed by atoms with E-state index in [1.54, 1.807) is 0 Å². The highest BCUT2D eigenvalue weighted by Gasteiger charge is 2.04. The number of ether oxygens (including phenoxy) is 1. The third-order valence-corrected chi connectivity index (χ3v) is 3.26. The van der Waals surface area contributed by atoms with Crippen LogP contribution in [0.4, 0.5) is 0 Å². The zero-order chi connectivity index (χ0) is 13.5. The predicted molar refractivity (Wildman–Crippen MR) is 77.3 cm³/mol. The molecular formula is C17H20O2. The van der Waals surface area contributed by atoms with Gasteiger partial charge in [0.25, 0.3) is 0 Å². The topological polar surface area (TPSA) is 29.5 Å². The van der Waals surface area contributed by atoms with Crippen molar-refractivity contribution in [1.29, 1.82) is 0 Å². The summed E-state index contributed by atoms with van der Waals surface area (Å²) < 4.78 is 5.74. The molecule has 1 unspecified atom stereocenters. The van der Waals surface area contributed by atoms with Gasteiger partial charge in [0, 0.05) is 6.61 Å². The zero-order valence-electron chi connectivity index (χ0n) is 11.3. The molecule has 19 heavy (non-hydrogen) atoms. The van der Waals surface area contributed by atoms with Crippen molar-refractivity contribution in [2.24, 2.45) is 0 Å². The highest BCUT2D eigenvalue weighted by molar-refractivity contribution is 5.29. The molecule has 0 saturated heterocycles. The van der Waals surface area contributed by atoms with Crippen molar-refractivity contribution in [1.82, 2.24) is 0 Å². The van der Waals surface area contributed by atoms with E-state index in [1.165, 1.54) is 11.1 Å². The second kappa shape index (κ2) is 6.95. The molecule has 0 bridgehead atoms. The lowest BCUT2D eigenvalue weighted by Gasteiger charge is -2.11. The molecule has 0 aromatic heterocycles. The van der Waals surface area contributed by atoms with Gasteiger partial charge in [0.1, 0.15) is 12.4 Å². The van der Waals surface area contributed by atoms with Gasteiger partial charge in [0.2, 0.25) is 0 Å². The van der Waals surface area contributed by atoms with Crippen LogP contribution >= 0.6 is 0 Å². The van der Waals surface area contributed by atoms with Gasteiger partial charge in [0.05, 0.1) is 0 Å². The summed E-state index contributed by atoms with van der Waals surface area (Å²) in [5.41, 5.74) is 2.40. The Bertz CT molecular complexity index is 476. The van der Waals surface area contributed by atoms with Gasteiger partial charge >= 0.3 is 0 Å². The Morgan fingerprint density at radius 2 is 1.68 bits per heavy atom. The molecule has 0 aliphatic carbocycles. The van der Waals surface area contributed by atoms with Gasteiger partial charge < -0.3 is 9.84 Å². The highest BCUT2D eigenvalue weighted by atomic mass is 16.5. The average Bonchev–Trinajstić information content (AvgIpc) is 2.47. The molecule has 0 aliphatic heterocycles. The Kier molecular flexibility index (Phi) is 4.99. The summed E-state index contributed by atoms with van der Waals surface area (Å²) in [6, 6.07) is 18.3. The van der Waals surface area contributed by atoms with Crippen molar-refractivity contribution < 1.29 is 9.84 Å². The van der Waals surface area contributed by atoms with Gasteiger partial charge in [-0.15, -0.1) is 0 Å². The van der Waals surface area contributed by atoms with Crippen LogP contribution in [0.25, 0.3) is 0 Å². The van der Waals surface area contributed by atoms with Gasteiger partial charge in [-0.3, -0.25) is 0 Å². The van der Waals surface area contributed by atoms with Crippen LogP contribution in [0.1, 0.15) is 30.4 Å². The van der Waals surface area contributed by atoms with Crippen LogP contribution in [-0.2, 0) is 6.61 Å². The van der Waals surface area contributed by atoms with Gasteiger partial charge in [-0.25, -0.2) is 0 Å². The molecule has 0 radical (unpaired) electrons. The van der Waals surface area contributed by atoms with E-state index in [0.717, 1.165) is 12.2 Å². The number of hydrogen-bond donors (Lipinski definition) is 1. The predicted octanol–water partition coefficient (Wildman–Crippen LogP) is 3.75. The zero-order valence-corrected chi connectivity index (χ0v) is 11.3. The summed E-state index contributed by atoms with van der Waals surface area (Å²) in [6.45, 7) is 2.94. The molecule has 2 heteroatoms. The van der Waals surface area contributed by atoms with Crippen LogP contribution in [0.2, 0.25) is 0 Å². The second-order valence-corrected chi connectivity index (χ2v) is 4.76. The summed E-state index contributed by atoms with van der Waals surface area (Å²) in [4.78, 5) is 0. The lowest BCUT2D eigenvalue weighted by atomic mass is 9.98. The normalized spacial score (nSPS) is 12.1. The SMILES string of the molecule is CC(CCO)c1ccc(OCc2ccccc2)cc1. The Morgan fingerprint density at radius 3 is 2.32 bits per heavy atom. The second-order valence-electron chi connectivity index (χ2n) is 4.76. The molecule has 1 N–H and O–H groups in total. The largest absolute Gasteiger partial charge is 0.489 e. The van der Waals surface area contributed by atoms with Crippen LogP contribution in [0.15, 0.2) is 54.6 Å². The van der Waals surface area contributed by atoms with Crippen molar-refractivity contribution >= 4 is 0 Å². The van der Waals surface area contributed by atoms with Crippen LogP contribution in [-0.4, -0.2) is 11.7 Å². The van der Waals surface area contributed by atoms with Gasteiger partial charge in [-0.05, 0) is 35.6 Å². The standard InChI is InChI=1S/C17H20O2/c1-14(11-12-18)16-7-9-17(10-8-16)19-13-15-5-3-2-4-6-15/h2-10,14,18H,11-13H2,1H3. The fraction of sp³-hybridized carbons (Fsp3) is 0.294. The summed E-state index contributed by atoms with van der Waals surface area (Å²) in [5, 5.41) is 8.94. The minimum absolute atomic E-state index is 0.230. The maximum absolute atomic E-state index is 8.94. The number of rotatable bonds is 6. The molecular weight excluding hydrogens is 236 g/mol. The molecule has 1 atom stereocenters. The van der Waals surface area contributed by atoms with E-state index in [4.69, 9.17) is 9.84 Å². The quantitative estimate of drug-likeness (QED) is 0.853. The van der Waals surface area contributed by atoms with Crippen LogP contribution in [0, 0.1) is 0 Å². The molecule has 0 fully saturated rings. The van der Waals surface area contributed by atoms with Crippen LogP contribution < -0.4 is 4.74 Å². The Hall–Kier alpha value is -1.80. The monoisotopic (exact) mass is 256 g/mol. The Morgan fingerprint density at radius 1 is 1.00 bits per heavy atom. The summed E-state index contributed by atoms with van der Waals surface area (Å²) in [7, 11) is 0. The van der Waals surface area contributed by atoms with E-state index in [-0.39, 0.29) is 6.61 Å². The number of benzene rings is 2. The van der Waals surface area contributed by atoms with Crippen molar-refractivity contribution in [2.45, 2.75) is 25.9 Å². The molecule has 2 aromatic carbocycles. The smallest absolute Gasteiger partial charge is 0.119 e. The fourth-order valence-corrected chi connectivity index (χ4v) is 1.99. The van der Waals surface area contributed by atoms with E-state index < -0.39 is 0 Å². The third-order valence-electron chi connectivity index (χ3n) is 3.26. The van der Waals surface area contributed by atoms with Crippen molar-refractivity contribution in [3.63, 3.8) is 0 Å². The first kappa shape index (κ1) is 13.6. The number of hydrogen-bond acceptors (Lipinski definition) is 2. The molecule has 2 nitrogen and oxygen atoms in total. The summed E-state index contributed by atoms with van der Waals surface area (Å²) >= 11 is 0. The van der Waals surface area contributed by atoms with Gasteiger partial charge in [-0.1, -0.05) is 49.4 Å². The van der Waals surface area contributed by atoms with Crippen molar-refractivity contribution in [3.8, 4) is 5.75 Å². The molecule has 0 aliphatic rings. The summed E-state index contributed by atoms with van der Waals surface area (Å²) in [5.74, 6) is 1.26. The molecule has 2 aromatic rings. The van der Waals surface area contributed by atoms with Crippen molar-refractivity contribution in [2.75, 3.05) is 6.61 Å². The van der Waals surface area contributed by atoms with Crippen LogP contribution in [0.5, 0.6) is 5.75 Å². The lowest BCUT2D eigenvalue weighted by Crippen LogP contribution is -1.98. The molecule has 0 amide bonds. The van der Waals surface area contributed by atoms with Crippen molar-refractivity contribution in [3.05, 3.63) is 65.7 Å². The first-order valence-electron chi connectivity index (χ1n) is 6.67. The first-order chi connectivity index (χ1) is 9.29.